The lowest BCUT2D eigenvalue weighted by atomic mass is 10.1. The highest BCUT2D eigenvalue weighted by atomic mass is 19.4. The van der Waals surface area contributed by atoms with Gasteiger partial charge in [-0.1, -0.05) is 37.3 Å². The summed E-state index contributed by atoms with van der Waals surface area (Å²) in [5.74, 6) is -0.312. The zero-order valence-electron chi connectivity index (χ0n) is 20.5. The number of hydrogen-bond donors (Lipinski definition) is 1. The highest BCUT2D eigenvalue weighted by Gasteiger charge is 2.30. The molecule has 1 aliphatic heterocycles. The van der Waals surface area contributed by atoms with Crippen molar-refractivity contribution >= 4 is 22.9 Å². The maximum atomic E-state index is 13.1. The van der Waals surface area contributed by atoms with Crippen molar-refractivity contribution < 1.29 is 18.0 Å². The molecule has 6 nitrogen and oxygen atoms in total. The van der Waals surface area contributed by atoms with Gasteiger partial charge in [0.25, 0.3) is 5.91 Å². The van der Waals surface area contributed by atoms with Crippen molar-refractivity contribution in [2.75, 3.05) is 36.0 Å². The van der Waals surface area contributed by atoms with Gasteiger partial charge in [0.1, 0.15) is 11.3 Å². The van der Waals surface area contributed by atoms with Crippen molar-refractivity contribution in [2.45, 2.75) is 26.1 Å². The molecule has 3 heterocycles. The average molecular weight is 508 g/mol. The van der Waals surface area contributed by atoms with E-state index in [9.17, 15) is 18.0 Å². The number of nitrogens with one attached hydrogen (secondary N) is 1. The number of aryl methyl sites for hydroxylation is 1. The highest BCUT2D eigenvalue weighted by Crippen LogP contribution is 2.29. The van der Waals surface area contributed by atoms with E-state index >= 15 is 0 Å². The number of imidazole rings is 1. The van der Waals surface area contributed by atoms with Crippen LogP contribution in [0.15, 0.2) is 72.9 Å². The summed E-state index contributed by atoms with van der Waals surface area (Å²) < 4.78 is 40.2. The van der Waals surface area contributed by atoms with Crippen LogP contribution in [0, 0.1) is 0 Å². The molecule has 4 aromatic rings. The fourth-order valence-electron chi connectivity index (χ4n) is 4.71. The number of alkyl halides is 3. The van der Waals surface area contributed by atoms with Crippen LogP contribution < -0.4 is 15.1 Å². The summed E-state index contributed by atoms with van der Waals surface area (Å²) in [4.78, 5) is 22.5. The Morgan fingerprint density at radius 1 is 0.919 bits per heavy atom. The molecule has 192 valence electrons. The highest BCUT2D eigenvalue weighted by molar-refractivity contribution is 5.94. The number of para-hydroxylation sites is 1. The molecule has 0 aliphatic carbocycles. The maximum absolute atomic E-state index is 13.1. The Morgan fingerprint density at radius 3 is 2.19 bits per heavy atom. The van der Waals surface area contributed by atoms with E-state index in [-0.39, 0.29) is 12.5 Å². The molecule has 1 fully saturated rings. The van der Waals surface area contributed by atoms with Crippen LogP contribution in [-0.4, -0.2) is 41.5 Å². The first-order chi connectivity index (χ1) is 17.8. The topological polar surface area (TPSA) is 52.9 Å². The van der Waals surface area contributed by atoms with Gasteiger partial charge < -0.3 is 15.1 Å². The second-order valence-corrected chi connectivity index (χ2v) is 9.06. The number of amides is 1. The smallest absolute Gasteiger partial charge is 0.368 e. The van der Waals surface area contributed by atoms with Gasteiger partial charge in [-0.3, -0.25) is 9.20 Å². The van der Waals surface area contributed by atoms with E-state index in [1.54, 1.807) is 4.40 Å². The first-order valence-electron chi connectivity index (χ1n) is 12.3. The molecule has 0 atom stereocenters. The molecule has 1 N–H and O–H groups in total. The molecule has 0 spiro atoms. The molecule has 37 heavy (non-hydrogen) atoms. The molecule has 1 aliphatic rings. The molecular weight excluding hydrogens is 479 g/mol. The van der Waals surface area contributed by atoms with E-state index in [1.165, 1.54) is 17.8 Å². The number of rotatable bonds is 6. The monoisotopic (exact) mass is 507 g/mol. The Hall–Kier alpha value is -4.01. The van der Waals surface area contributed by atoms with Crippen LogP contribution in [0.3, 0.4) is 0 Å². The van der Waals surface area contributed by atoms with Gasteiger partial charge in [0.05, 0.1) is 11.3 Å². The van der Waals surface area contributed by atoms with Crippen molar-refractivity contribution in [2.24, 2.45) is 0 Å². The number of fused-ring (bicyclic) bond motifs is 1. The minimum atomic E-state index is -4.39. The summed E-state index contributed by atoms with van der Waals surface area (Å²) in [5, 5.41) is 2.83. The van der Waals surface area contributed by atoms with Crippen LogP contribution in [0.1, 0.15) is 34.2 Å². The van der Waals surface area contributed by atoms with E-state index in [1.807, 2.05) is 31.3 Å². The van der Waals surface area contributed by atoms with Gasteiger partial charge in [-0.15, -0.1) is 0 Å². The van der Waals surface area contributed by atoms with Crippen molar-refractivity contribution in [1.82, 2.24) is 14.7 Å². The standard InChI is InChI=1S/C28H28F3N5O/c1-2-24-26(27(37)32-19-20-8-10-21(11-9-20)28(29,30)31)36-13-12-23(18-25(36)33-24)35-16-14-34(15-17-35)22-6-4-3-5-7-22/h3-13,18H,2,14-17,19H2,1H3,(H,32,37). The zero-order valence-corrected chi connectivity index (χ0v) is 20.5. The van der Waals surface area contributed by atoms with Crippen molar-refractivity contribution in [1.29, 1.82) is 0 Å². The summed E-state index contributed by atoms with van der Waals surface area (Å²) in [6.45, 7) is 5.66. The predicted octanol–water partition coefficient (Wildman–Crippen LogP) is 5.17. The van der Waals surface area contributed by atoms with Crippen LogP contribution in [0.4, 0.5) is 24.5 Å². The van der Waals surface area contributed by atoms with Crippen LogP contribution in [0.5, 0.6) is 0 Å². The van der Waals surface area contributed by atoms with E-state index in [0.29, 0.717) is 29.0 Å². The van der Waals surface area contributed by atoms with Gasteiger partial charge in [0.15, 0.2) is 0 Å². The number of anilines is 2. The summed E-state index contributed by atoms with van der Waals surface area (Å²) in [7, 11) is 0. The molecule has 9 heteroatoms. The molecule has 0 unspecified atom stereocenters. The van der Waals surface area contributed by atoms with E-state index in [2.05, 4.69) is 39.4 Å². The molecule has 0 radical (unpaired) electrons. The van der Waals surface area contributed by atoms with E-state index in [4.69, 9.17) is 4.98 Å². The molecule has 1 saturated heterocycles. The number of hydrogen-bond acceptors (Lipinski definition) is 4. The molecule has 0 saturated carbocycles. The SMILES string of the molecule is CCc1nc2cc(N3CCN(c4ccccc4)CC3)ccn2c1C(=O)NCc1ccc(C(F)(F)F)cc1. The number of carbonyl (C=O) groups is 1. The quantitative estimate of drug-likeness (QED) is 0.391. The Morgan fingerprint density at radius 2 is 1.57 bits per heavy atom. The van der Waals surface area contributed by atoms with Crippen LogP contribution >= 0.6 is 0 Å². The number of benzene rings is 2. The number of pyridine rings is 1. The van der Waals surface area contributed by atoms with Gasteiger partial charge in [-0.05, 0) is 42.3 Å². The van der Waals surface area contributed by atoms with Gasteiger partial charge in [-0.2, -0.15) is 13.2 Å². The largest absolute Gasteiger partial charge is 0.416 e. The van der Waals surface area contributed by atoms with Crippen molar-refractivity contribution in [3.05, 3.63) is 95.4 Å². The first kappa shape index (κ1) is 24.7. The minimum Gasteiger partial charge on any atom is -0.368 e. The second-order valence-electron chi connectivity index (χ2n) is 9.06. The zero-order chi connectivity index (χ0) is 26.0. The lowest BCUT2D eigenvalue weighted by Crippen LogP contribution is -2.46. The molecule has 5 rings (SSSR count). The Kier molecular flexibility index (Phi) is 6.78. The fraction of sp³-hybridized carbons (Fsp3) is 0.286. The molecule has 2 aromatic heterocycles. The predicted molar refractivity (Wildman–Crippen MR) is 138 cm³/mol. The molecule has 0 bridgehead atoms. The van der Waals surface area contributed by atoms with E-state index in [0.717, 1.165) is 44.0 Å². The molecule has 2 aromatic carbocycles. The van der Waals surface area contributed by atoms with Gasteiger partial charge >= 0.3 is 6.18 Å². The van der Waals surface area contributed by atoms with Crippen molar-refractivity contribution in [3.63, 3.8) is 0 Å². The van der Waals surface area contributed by atoms with Gasteiger partial charge in [-0.25, -0.2) is 4.98 Å². The number of halogens is 3. The first-order valence-corrected chi connectivity index (χ1v) is 12.3. The van der Waals surface area contributed by atoms with Crippen LogP contribution in [0.25, 0.3) is 5.65 Å². The Balaban J connectivity index is 1.28. The fourth-order valence-corrected chi connectivity index (χ4v) is 4.71. The van der Waals surface area contributed by atoms with Gasteiger partial charge in [0.2, 0.25) is 0 Å². The number of nitrogens with zero attached hydrogens (tertiary/aromatic N) is 4. The van der Waals surface area contributed by atoms with Gasteiger partial charge in [0, 0.05) is 56.4 Å². The third kappa shape index (κ3) is 5.26. The minimum absolute atomic E-state index is 0.122. The lowest BCUT2D eigenvalue weighted by molar-refractivity contribution is -0.137. The van der Waals surface area contributed by atoms with E-state index < -0.39 is 11.7 Å². The molecule has 1 amide bonds. The van der Waals surface area contributed by atoms with Crippen LogP contribution in [-0.2, 0) is 19.1 Å². The number of piperazine rings is 1. The van der Waals surface area contributed by atoms with Crippen molar-refractivity contribution in [3.8, 4) is 0 Å². The third-order valence-electron chi connectivity index (χ3n) is 6.73. The second kappa shape index (κ2) is 10.2. The van der Waals surface area contributed by atoms with Crippen LogP contribution in [0.2, 0.25) is 0 Å². The third-order valence-corrected chi connectivity index (χ3v) is 6.73. The number of aromatic nitrogens is 2. The Bertz CT molecular complexity index is 1370. The Labute approximate surface area is 213 Å². The lowest BCUT2D eigenvalue weighted by Gasteiger charge is -2.37. The normalized spacial score (nSPS) is 14.3. The maximum Gasteiger partial charge on any atom is 0.416 e. The average Bonchev–Trinajstić information content (AvgIpc) is 3.30. The summed E-state index contributed by atoms with van der Waals surface area (Å²) >= 11 is 0. The summed E-state index contributed by atoms with van der Waals surface area (Å²) in [6, 6.07) is 19.2. The number of carbonyl (C=O) groups excluding carboxylic acids is 1. The molecular formula is C28H28F3N5O. The summed E-state index contributed by atoms with van der Waals surface area (Å²) in [5.41, 5.74) is 3.98. The summed E-state index contributed by atoms with van der Waals surface area (Å²) in [6.07, 6.45) is -1.94.